The summed E-state index contributed by atoms with van der Waals surface area (Å²) in [6.07, 6.45) is 0. The van der Waals surface area contributed by atoms with Gasteiger partial charge < -0.3 is 9.55 Å². The summed E-state index contributed by atoms with van der Waals surface area (Å²) in [5.41, 5.74) is 2.93. The van der Waals surface area contributed by atoms with Crippen LogP contribution in [0.2, 0.25) is 0 Å². The molecular formula is C16H12N2O. The maximum atomic E-state index is 12.6. The molecule has 0 atom stereocenters. The molecule has 4 aromatic rings. The van der Waals surface area contributed by atoms with Crippen LogP contribution in [0, 0.1) is 0 Å². The van der Waals surface area contributed by atoms with Gasteiger partial charge in [0.25, 0.3) is 5.56 Å². The molecule has 0 saturated heterocycles. The van der Waals surface area contributed by atoms with E-state index >= 15 is 0 Å². The second-order valence-corrected chi connectivity index (χ2v) is 4.80. The van der Waals surface area contributed by atoms with Gasteiger partial charge in [-0.1, -0.05) is 36.4 Å². The molecule has 92 valence electrons. The standard InChI is InChI=1S/C16H12N2O/c1-18-13-9-5-3-7-11(13)15-14(16(18)19)10-6-2-4-8-12(10)17-15/h2-9,17H,1H3. The first kappa shape index (κ1) is 10.4. The summed E-state index contributed by atoms with van der Waals surface area (Å²) in [7, 11) is 1.83. The molecule has 0 saturated carbocycles. The number of rotatable bonds is 0. The highest BCUT2D eigenvalue weighted by Gasteiger charge is 2.12. The van der Waals surface area contributed by atoms with Crippen molar-refractivity contribution in [2.24, 2.45) is 7.05 Å². The van der Waals surface area contributed by atoms with Crippen molar-refractivity contribution in [3.8, 4) is 0 Å². The van der Waals surface area contributed by atoms with Gasteiger partial charge in [0.2, 0.25) is 0 Å². The number of H-pyrrole nitrogens is 1. The Bertz CT molecular complexity index is 992. The number of pyridine rings is 1. The molecule has 0 aliphatic carbocycles. The monoisotopic (exact) mass is 248 g/mol. The van der Waals surface area contributed by atoms with E-state index in [4.69, 9.17) is 0 Å². The molecule has 2 aromatic carbocycles. The molecule has 3 heteroatoms. The Morgan fingerprint density at radius 2 is 1.63 bits per heavy atom. The predicted molar refractivity (Wildman–Crippen MR) is 78.6 cm³/mol. The molecule has 0 radical (unpaired) electrons. The second kappa shape index (κ2) is 3.48. The van der Waals surface area contributed by atoms with Crippen LogP contribution in [0.3, 0.4) is 0 Å². The molecule has 0 spiro atoms. The Morgan fingerprint density at radius 1 is 0.947 bits per heavy atom. The van der Waals surface area contributed by atoms with Gasteiger partial charge in [0.1, 0.15) is 0 Å². The van der Waals surface area contributed by atoms with E-state index in [1.807, 2.05) is 55.6 Å². The summed E-state index contributed by atoms with van der Waals surface area (Å²) in [4.78, 5) is 15.9. The highest BCUT2D eigenvalue weighted by molar-refractivity contribution is 6.15. The highest BCUT2D eigenvalue weighted by atomic mass is 16.1. The van der Waals surface area contributed by atoms with E-state index in [0.29, 0.717) is 0 Å². The Kier molecular flexibility index (Phi) is 1.90. The van der Waals surface area contributed by atoms with E-state index in [0.717, 1.165) is 32.7 Å². The minimum absolute atomic E-state index is 0.0474. The second-order valence-electron chi connectivity index (χ2n) is 4.80. The molecule has 0 bridgehead atoms. The SMILES string of the molecule is Cn1c(=O)c2c3ccccc3[nH]c2c2ccccc21. The summed E-state index contributed by atoms with van der Waals surface area (Å²) in [6, 6.07) is 15.9. The molecule has 0 unspecified atom stereocenters. The van der Waals surface area contributed by atoms with Gasteiger partial charge in [-0.05, 0) is 12.1 Å². The van der Waals surface area contributed by atoms with Crippen molar-refractivity contribution in [1.82, 2.24) is 9.55 Å². The van der Waals surface area contributed by atoms with Gasteiger partial charge in [-0.2, -0.15) is 0 Å². The normalized spacial score (nSPS) is 11.6. The highest BCUT2D eigenvalue weighted by Crippen LogP contribution is 2.27. The van der Waals surface area contributed by atoms with Gasteiger partial charge in [0.05, 0.1) is 16.4 Å². The van der Waals surface area contributed by atoms with E-state index in [9.17, 15) is 4.79 Å². The van der Waals surface area contributed by atoms with Crippen molar-refractivity contribution in [2.75, 3.05) is 0 Å². The Hall–Kier alpha value is -2.55. The van der Waals surface area contributed by atoms with E-state index in [2.05, 4.69) is 4.98 Å². The summed E-state index contributed by atoms with van der Waals surface area (Å²) in [6.45, 7) is 0. The maximum Gasteiger partial charge on any atom is 0.260 e. The lowest BCUT2D eigenvalue weighted by Crippen LogP contribution is -2.16. The molecule has 0 aliphatic heterocycles. The van der Waals surface area contributed by atoms with E-state index in [1.165, 1.54) is 0 Å². The average molecular weight is 248 g/mol. The topological polar surface area (TPSA) is 37.8 Å². The fourth-order valence-corrected chi connectivity index (χ4v) is 2.82. The summed E-state index contributed by atoms with van der Waals surface area (Å²) in [5, 5.41) is 2.84. The van der Waals surface area contributed by atoms with Gasteiger partial charge in [0.15, 0.2) is 0 Å². The Balaban J connectivity index is 2.45. The number of nitrogens with one attached hydrogen (secondary N) is 1. The fraction of sp³-hybridized carbons (Fsp3) is 0.0625. The molecule has 4 rings (SSSR count). The zero-order chi connectivity index (χ0) is 13.0. The van der Waals surface area contributed by atoms with Crippen LogP contribution in [-0.2, 0) is 7.05 Å². The van der Waals surface area contributed by atoms with Gasteiger partial charge in [-0.15, -0.1) is 0 Å². The van der Waals surface area contributed by atoms with Gasteiger partial charge >= 0.3 is 0 Å². The third kappa shape index (κ3) is 1.24. The van der Waals surface area contributed by atoms with Crippen molar-refractivity contribution in [1.29, 1.82) is 0 Å². The minimum Gasteiger partial charge on any atom is -0.354 e. The van der Waals surface area contributed by atoms with Crippen LogP contribution in [-0.4, -0.2) is 9.55 Å². The zero-order valence-electron chi connectivity index (χ0n) is 10.5. The molecule has 2 aromatic heterocycles. The molecule has 2 heterocycles. The average Bonchev–Trinajstić information content (AvgIpc) is 2.84. The predicted octanol–water partition coefficient (Wildman–Crippen LogP) is 3.17. The van der Waals surface area contributed by atoms with Gasteiger partial charge in [-0.25, -0.2) is 0 Å². The molecule has 0 amide bonds. The van der Waals surface area contributed by atoms with Crippen molar-refractivity contribution in [3.05, 3.63) is 58.9 Å². The van der Waals surface area contributed by atoms with Crippen LogP contribution in [0.4, 0.5) is 0 Å². The third-order valence-electron chi connectivity index (χ3n) is 3.76. The summed E-state index contributed by atoms with van der Waals surface area (Å²) >= 11 is 0. The van der Waals surface area contributed by atoms with Crippen LogP contribution < -0.4 is 5.56 Å². The Labute approximate surface area is 109 Å². The van der Waals surface area contributed by atoms with E-state index in [-0.39, 0.29) is 5.56 Å². The lowest BCUT2D eigenvalue weighted by molar-refractivity contribution is 0.919. The van der Waals surface area contributed by atoms with Crippen molar-refractivity contribution in [3.63, 3.8) is 0 Å². The van der Waals surface area contributed by atoms with Gasteiger partial charge in [-0.3, -0.25) is 4.79 Å². The van der Waals surface area contributed by atoms with Crippen molar-refractivity contribution in [2.45, 2.75) is 0 Å². The van der Waals surface area contributed by atoms with Crippen LogP contribution in [0.25, 0.3) is 32.7 Å². The van der Waals surface area contributed by atoms with Crippen LogP contribution >= 0.6 is 0 Å². The van der Waals surface area contributed by atoms with E-state index in [1.54, 1.807) is 4.57 Å². The van der Waals surface area contributed by atoms with Crippen molar-refractivity contribution >= 4 is 32.7 Å². The first-order valence-corrected chi connectivity index (χ1v) is 6.25. The first-order chi connectivity index (χ1) is 9.27. The summed E-state index contributed by atoms with van der Waals surface area (Å²) in [5.74, 6) is 0. The maximum absolute atomic E-state index is 12.6. The fourth-order valence-electron chi connectivity index (χ4n) is 2.82. The van der Waals surface area contributed by atoms with Crippen LogP contribution in [0.1, 0.15) is 0 Å². The number of aryl methyl sites for hydroxylation is 1. The molecule has 0 aliphatic rings. The number of aromatic nitrogens is 2. The number of hydrogen-bond donors (Lipinski definition) is 1. The molecule has 19 heavy (non-hydrogen) atoms. The number of para-hydroxylation sites is 2. The number of fused-ring (bicyclic) bond motifs is 5. The van der Waals surface area contributed by atoms with Crippen molar-refractivity contribution < 1.29 is 0 Å². The zero-order valence-corrected chi connectivity index (χ0v) is 10.5. The van der Waals surface area contributed by atoms with Crippen LogP contribution in [0.5, 0.6) is 0 Å². The summed E-state index contributed by atoms with van der Waals surface area (Å²) < 4.78 is 1.72. The molecule has 1 N–H and O–H groups in total. The lowest BCUT2D eigenvalue weighted by Gasteiger charge is -2.05. The number of benzene rings is 2. The Morgan fingerprint density at radius 3 is 2.47 bits per heavy atom. The van der Waals surface area contributed by atoms with Crippen LogP contribution in [0.15, 0.2) is 53.3 Å². The molecule has 0 fully saturated rings. The quantitative estimate of drug-likeness (QED) is 0.510. The molecular weight excluding hydrogens is 236 g/mol. The number of aromatic amines is 1. The van der Waals surface area contributed by atoms with E-state index < -0.39 is 0 Å². The van der Waals surface area contributed by atoms with Gasteiger partial charge in [0, 0.05) is 23.3 Å². The lowest BCUT2D eigenvalue weighted by atomic mass is 10.1. The smallest absolute Gasteiger partial charge is 0.260 e. The first-order valence-electron chi connectivity index (χ1n) is 6.25. The number of nitrogens with zero attached hydrogens (tertiary/aromatic N) is 1. The third-order valence-corrected chi connectivity index (χ3v) is 3.76. The minimum atomic E-state index is 0.0474. The largest absolute Gasteiger partial charge is 0.354 e. The number of hydrogen-bond acceptors (Lipinski definition) is 1. The molecule has 3 nitrogen and oxygen atoms in total.